The van der Waals surface area contributed by atoms with E-state index in [0.717, 1.165) is 16.3 Å². The van der Waals surface area contributed by atoms with E-state index in [1.165, 1.54) is 11.3 Å². The molecule has 1 aliphatic heterocycles. The first-order chi connectivity index (χ1) is 12.7. The van der Waals surface area contributed by atoms with E-state index in [1.54, 1.807) is 18.2 Å². The Morgan fingerprint density at radius 1 is 1.27 bits per heavy atom. The van der Waals surface area contributed by atoms with Crippen molar-refractivity contribution in [3.8, 4) is 22.1 Å². The molecule has 1 aromatic heterocycles. The van der Waals surface area contributed by atoms with Crippen molar-refractivity contribution >= 4 is 22.9 Å². The van der Waals surface area contributed by atoms with Gasteiger partial charge in [-0.15, -0.1) is 11.3 Å². The lowest BCUT2D eigenvalue weighted by Gasteiger charge is -2.33. The molecule has 1 atom stereocenters. The summed E-state index contributed by atoms with van der Waals surface area (Å²) in [6.07, 6.45) is 1.57. The molecule has 4 rings (SSSR count). The van der Waals surface area contributed by atoms with Crippen molar-refractivity contribution in [1.29, 1.82) is 0 Å². The number of hydrogen-bond donors (Lipinski definition) is 0. The third-order valence-corrected chi connectivity index (χ3v) is 5.24. The zero-order valence-electron chi connectivity index (χ0n) is 14.5. The third-order valence-electron chi connectivity index (χ3n) is 4.21. The Morgan fingerprint density at radius 3 is 2.85 bits per heavy atom. The van der Waals surface area contributed by atoms with E-state index in [1.807, 2.05) is 55.5 Å². The smallest absolute Gasteiger partial charge is 0.270 e. The Labute approximate surface area is 155 Å². The molecule has 0 N–H and O–H groups in total. The molecule has 3 aromatic rings. The highest BCUT2D eigenvalue weighted by atomic mass is 32.1. The summed E-state index contributed by atoms with van der Waals surface area (Å²) in [5.74, 6) is 1.30. The molecule has 132 valence electrons. The number of anilines is 1. The summed E-state index contributed by atoms with van der Waals surface area (Å²) in [7, 11) is 1.61. The Bertz CT molecular complexity index is 939. The lowest BCUT2D eigenvalue weighted by Crippen LogP contribution is -2.42. The minimum atomic E-state index is -0.0821. The molecule has 6 heteroatoms. The number of thiazole rings is 1. The standard InChI is InChI=1S/C20H18N2O3S/c1-13-12-22(16-10-15(24-2)8-9-17(16)25-13)20(23)18-11-21-19(26-18)14-6-4-3-5-7-14/h3-11,13H,12H2,1-2H3/t13-/m0/s1. The third kappa shape index (κ3) is 3.04. The van der Waals surface area contributed by atoms with Gasteiger partial charge in [-0.05, 0) is 19.1 Å². The second kappa shape index (κ2) is 6.80. The van der Waals surface area contributed by atoms with Gasteiger partial charge in [0, 0.05) is 11.6 Å². The van der Waals surface area contributed by atoms with Gasteiger partial charge in [0.1, 0.15) is 27.5 Å². The van der Waals surface area contributed by atoms with E-state index in [2.05, 4.69) is 4.98 Å². The first kappa shape index (κ1) is 16.6. The van der Waals surface area contributed by atoms with Gasteiger partial charge in [-0.2, -0.15) is 0 Å². The van der Waals surface area contributed by atoms with E-state index in [9.17, 15) is 4.79 Å². The molecule has 0 radical (unpaired) electrons. The summed E-state index contributed by atoms with van der Waals surface area (Å²) < 4.78 is 11.2. The van der Waals surface area contributed by atoms with Crippen LogP contribution in [0.25, 0.3) is 10.6 Å². The quantitative estimate of drug-likeness (QED) is 0.695. The van der Waals surface area contributed by atoms with Crippen molar-refractivity contribution in [3.05, 3.63) is 59.6 Å². The minimum absolute atomic E-state index is 0.0747. The van der Waals surface area contributed by atoms with Gasteiger partial charge in [0.05, 0.1) is 25.5 Å². The summed E-state index contributed by atoms with van der Waals surface area (Å²) in [4.78, 5) is 19.9. The first-order valence-electron chi connectivity index (χ1n) is 8.33. The van der Waals surface area contributed by atoms with Crippen LogP contribution in [0, 0.1) is 0 Å². The van der Waals surface area contributed by atoms with Gasteiger partial charge >= 0.3 is 0 Å². The monoisotopic (exact) mass is 366 g/mol. The molecule has 26 heavy (non-hydrogen) atoms. The molecule has 0 aliphatic carbocycles. The number of carbonyl (C=O) groups excluding carboxylic acids is 1. The maximum absolute atomic E-state index is 13.2. The van der Waals surface area contributed by atoms with Crippen LogP contribution in [0.2, 0.25) is 0 Å². The molecule has 2 heterocycles. The van der Waals surface area contributed by atoms with Gasteiger partial charge in [-0.3, -0.25) is 4.79 Å². The van der Waals surface area contributed by atoms with Crippen LogP contribution in [0.15, 0.2) is 54.7 Å². The Balaban J connectivity index is 1.68. The maximum Gasteiger partial charge on any atom is 0.270 e. The van der Waals surface area contributed by atoms with E-state index in [0.29, 0.717) is 22.9 Å². The Hall–Kier alpha value is -2.86. The summed E-state index contributed by atoms with van der Waals surface area (Å²) in [6.45, 7) is 2.44. The van der Waals surface area contributed by atoms with Crippen molar-refractivity contribution in [3.63, 3.8) is 0 Å². The van der Waals surface area contributed by atoms with Gasteiger partial charge < -0.3 is 14.4 Å². The van der Waals surface area contributed by atoms with Crippen LogP contribution in [-0.4, -0.2) is 30.6 Å². The van der Waals surface area contributed by atoms with E-state index in [-0.39, 0.29) is 12.0 Å². The predicted molar refractivity (Wildman–Crippen MR) is 102 cm³/mol. The molecule has 0 fully saturated rings. The van der Waals surface area contributed by atoms with Gasteiger partial charge in [0.25, 0.3) is 5.91 Å². The van der Waals surface area contributed by atoms with Crippen LogP contribution in [0.4, 0.5) is 5.69 Å². The molecular weight excluding hydrogens is 348 g/mol. The number of amides is 1. The number of methoxy groups -OCH3 is 1. The molecule has 2 aromatic carbocycles. The van der Waals surface area contributed by atoms with Gasteiger partial charge in [0.2, 0.25) is 0 Å². The number of hydrogen-bond acceptors (Lipinski definition) is 5. The predicted octanol–water partition coefficient (Wildman–Crippen LogP) is 4.25. The van der Waals surface area contributed by atoms with Crippen LogP contribution in [0.5, 0.6) is 11.5 Å². The fourth-order valence-electron chi connectivity index (χ4n) is 2.96. The van der Waals surface area contributed by atoms with Crippen LogP contribution in [0.1, 0.15) is 16.6 Å². The molecule has 5 nitrogen and oxygen atoms in total. The van der Waals surface area contributed by atoms with Crippen LogP contribution >= 0.6 is 11.3 Å². The number of rotatable bonds is 3. The molecular formula is C20H18N2O3S. The average molecular weight is 366 g/mol. The van der Waals surface area contributed by atoms with Gasteiger partial charge in [-0.25, -0.2) is 4.98 Å². The highest BCUT2D eigenvalue weighted by Gasteiger charge is 2.30. The number of carbonyl (C=O) groups is 1. The molecule has 0 bridgehead atoms. The van der Waals surface area contributed by atoms with Crippen LogP contribution < -0.4 is 14.4 Å². The lowest BCUT2D eigenvalue weighted by atomic mass is 10.2. The maximum atomic E-state index is 13.2. The summed E-state index contributed by atoms with van der Waals surface area (Å²) in [5, 5.41) is 0.834. The van der Waals surface area contributed by atoms with E-state index in [4.69, 9.17) is 9.47 Å². The zero-order chi connectivity index (χ0) is 18.1. The second-order valence-electron chi connectivity index (χ2n) is 6.07. The van der Waals surface area contributed by atoms with E-state index >= 15 is 0 Å². The largest absolute Gasteiger partial charge is 0.497 e. The summed E-state index contributed by atoms with van der Waals surface area (Å²) >= 11 is 1.40. The fourth-order valence-corrected chi connectivity index (χ4v) is 3.83. The SMILES string of the molecule is COc1ccc2c(c1)N(C(=O)c1cnc(-c3ccccc3)s1)C[C@H](C)O2. The van der Waals surface area contributed by atoms with Crippen LogP contribution in [0.3, 0.4) is 0 Å². The molecule has 0 saturated heterocycles. The second-order valence-corrected chi connectivity index (χ2v) is 7.10. The first-order valence-corrected chi connectivity index (χ1v) is 9.15. The topological polar surface area (TPSA) is 51.7 Å². The number of benzene rings is 2. The molecule has 0 spiro atoms. The lowest BCUT2D eigenvalue weighted by molar-refractivity contribution is 0.0964. The van der Waals surface area contributed by atoms with Crippen molar-refractivity contribution in [2.75, 3.05) is 18.6 Å². The van der Waals surface area contributed by atoms with Crippen LogP contribution in [-0.2, 0) is 0 Å². The van der Waals surface area contributed by atoms with Crippen molar-refractivity contribution in [1.82, 2.24) is 4.98 Å². The highest BCUT2D eigenvalue weighted by molar-refractivity contribution is 7.17. The molecule has 1 amide bonds. The van der Waals surface area contributed by atoms with Crippen molar-refractivity contribution < 1.29 is 14.3 Å². The molecule has 0 saturated carbocycles. The molecule has 1 aliphatic rings. The van der Waals surface area contributed by atoms with Gasteiger partial charge in [-0.1, -0.05) is 30.3 Å². The molecule has 0 unspecified atom stereocenters. The Kier molecular flexibility index (Phi) is 4.34. The van der Waals surface area contributed by atoms with Crippen molar-refractivity contribution in [2.24, 2.45) is 0 Å². The highest BCUT2D eigenvalue weighted by Crippen LogP contribution is 2.38. The zero-order valence-corrected chi connectivity index (χ0v) is 15.3. The average Bonchev–Trinajstić information content (AvgIpc) is 3.17. The summed E-state index contributed by atoms with van der Waals surface area (Å²) in [6, 6.07) is 15.4. The Morgan fingerprint density at radius 2 is 2.08 bits per heavy atom. The number of ether oxygens (including phenoxy) is 2. The number of fused-ring (bicyclic) bond motifs is 1. The summed E-state index contributed by atoms with van der Waals surface area (Å²) in [5.41, 5.74) is 1.73. The van der Waals surface area contributed by atoms with E-state index < -0.39 is 0 Å². The number of nitrogens with zero attached hydrogens (tertiary/aromatic N) is 2. The van der Waals surface area contributed by atoms with Gasteiger partial charge in [0.15, 0.2) is 0 Å². The number of aromatic nitrogens is 1. The van der Waals surface area contributed by atoms with Crippen molar-refractivity contribution in [2.45, 2.75) is 13.0 Å². The fraction of sp³-hybridized carbons (Fsp3) is 0.200. The minimum Gasteiger partial charge on any atom is -0.497 e. The normalized spacial score (nSPS) is 15.9.